The first-order valence-electron chi connectivity index (χ1n) is 9.45. The molecule has 0 radical (unpaired) electrons. The van der Waals surface area contributed by atoms with Crippen molar-refractivity contribution in [3.63, 3.8) is 0 Å². The zero-order chi connectivity index (χ0) is 21.3. The van der Waals surface area contributed by atoms with Gasteiger partial charge in [0.2, 0.25) is 0 Å². The van der Waals surface area contributed by atoms with Gasteiger partial charge < -0.3 is 5.32 Å². The van der Waals surface area contributed by atoms with E-state index in [2.05, 4.69) is 5.32 Å². The summed E-state index contributed by atoms with van der Waals surface area (Å²) in [5.74, 6) is -0.293. The SMILES string of the molecule is Cc1ccc(-c2cc(C(=O)Nc3ccc([N+](=O)[O-])cc3C)c3ccccc3n2)cc1. The maximum atomic E-state index is 13.2. The number of rotatable bonds is 4. The summed E-state index contributed by atoms with van der Waals surface area (Å²) in [7, 11) is 0. The van der Waals surface area contributed by atoms with Crippen molar-refractivity contribution in [1.82, 2.24) is 4.98 Å². The summed E-state index contributed by atoms with van der Waals surface area (Å²) in [5, 5.41) is 14.6. The number of non-ortho nitro benzene ring substituents is 1. The average Bonchev–Trinajstić information content (AvgIpc) is 2.74. The van der Waals surface area contributed by atoms with Crippen molar-refractivity contribution >= 4 is 28.2 Å². The van der Waals surface area contributed by atoms with Crippen LogP contribution in [0.5, 0.6) is 0 Å². The number of anilines is 1. The number of carbonyl (C=O) groups excluding carboxylic acids is 1. The van der Waals surface area contributed by atoms with E-state index in [0.717, 1.165) is 22.0 Å². The van der Waals surface area contributed by atoms with Gasteiger partial charge in [-0.25, -0.2) is 4.98 Å². The van der Waals surface area contributed by atoms with Gasteiger partial charge in [0.05, 0.1) is 21.7 Å². The van der Waals surface area contributed by atoms with Crippen molar-refractivity contribution in [2.45, 2.75) is 13.8 Å². The molecule has 0 unspecified atom stereocenters. The minimum absolute atomic E-state index is 0.0125. The molecule has 30 heavy (non-hydrogen) atoms. The first-order valence-corrected chi connectivity index (χ1v) is 9.45. The Labute approximate surface area is 173 Å². The number of nitro benzene ring substituents is 1. The van der Waals surface area contributed by atoms with Gasteiger partial charge in [0.25, 0.3) is 11.6 Å². The van der Waals surface area contributed by atoms with Crippen LogP contribution in [-0.4, -0.2) is 15.8 Å². The van der Waals surface area contributed by atoms with E-state index in [4.69, 9.17) is 4.98 Å². The minimum Gasteiger partial charge on any atom is -0.322 e. The number of nitrogens with one attached hydrogen (secondary N) is 1. The summed E-state index contributed by atoms with van der Waals surface area (Å²) >= 11 is 0. The van der Waals surface area contributed by atoms with Crippen LogP contribution in [0.3, 0.4) is 0 Å². The van der Waals surface area contributed by atoms with E-state index in [0.29, 0.717) is 22.5 Å². The molecule has 0 aliphatic carbocycles. The molecule has 0 fully saturated rings. The number of fused-ring (bicyclic) bond motifs is 1. The highest BCUT2D eigenvalue weighted by molar-refractivity contribution is 6.13. The predicted molar refractivity (Wildman–Crippen MR) is 118 cm³/mol. The first-order chi connectivity index (χ1) is 14.4. The Morgan fingerprint density at radius 1 is 0.967 bits per heavy atom. The smallest absolute Gasteiger partial charge is 0.269 e. The number of pyridine rings is 1. The molecule has 1 N–H and O–H groups in total. The minimum atomic E-state index is -0.456. The van der Waals surface area contributed by atoms with Crippen molar-refractivity contribution in [2.24, 2.45) is 0 Å². The molecule has 1 amide bonds. The van der Waals surface area contributed by atoms with E-state index in [1.165, 1.54) is 12.1 Å². The van der Waals surface area contributed by atoms with Crippen LogP contribution in [0.4, 0.5) is 11.4 Å². The van der Waals surface area contributed by atoms with Crippen LogP contribution in [0.25, 0.3) is 22.2 Å². The summed E-state index contributed by atoms with van der Waals surface area (Å²) in [5.41, 5.74) is 5.13. The number of hydrogen-bond acceptors (Lipinski definition) is 4. The van der Waals surface area contributed by atoms with Crippen molar-refractivity contribution in [2.75, 3.05) is 5.32 Å². The molecule has 0 saturated carbocycles. The molecule has 0 spiro atoms. The molecule has 0 saturated heterocycles. The van der Waals surface area contributed by atoms with E-state index in [9.17, 15) is 14.9 Å². The zero-order valence-electron chi connectivity index (χ0n) is 16.5. The Bertz CT molecular complexity index is 1280. The van der Waals surface area contributed by atoms with E-state index in [1.807, 2.05) is 55.5 Å². The van der Waals surface area contributed by atoms with Crippen molar-refractivity contribution < 1.29 is 9.72 Å². The topological polar surface area (TPSA) is 85.1 Å². The van der Waals surface area contributed by atoms with Crippen LogP contribution in [-0.2, 0) is 0 Å². The second-order valence-electron chi connectivity index (χ2n) is 7.15. The van der Waals surface area contributed by atoms with E-state index in [-0.39, 0.29) is 11.6 Å². The first kappa shape index (κ1) is 19.3. The monoisotopic (exact) mass is 397 g/mol. The normalized spacial score (nSPS) is 10.7. The molecule has 3 aromatic carbocycles. The Kier molecular flexibility index (Phi) is 4.98. The van der Waals surface area contributed by atoms with Gasteiger partial charge in [0, 0.05) is 28.8 Å². The van der Waals surface area contributed by atoms with Crippen molar-refractivity contribution in [3.05, 3.63) is 99.6 Å². The van der Waals surface area contributed by atoms with E-state index in [1.54, 1.807) is 19.1 Å². The number of nitro groups is 1. The van der Waals surface area contributed by atoms with Crippen LogP contribution in [0, 0.1) is 24.0 Å². The van der Waals surface area contributed by atoms with E-state index >= 15 is 0 Å². The number of aromatic nitrogens is 1. The number of aryl methyl sites for hydroxylation is 2. The molecule has 0 aliphatic rings. The summed E-state index contributed by atoms with van der Waals surface area (Å²) in [6.07, 6.45) is 0. The molecule has 0 bridgehead atoms. The van der Waals surface area contributed by atoms with Crippen LogP contribution in [0.2, 0.25) is 0 Å². The summed E-state index contributed by atoms with van der Waals surface area (Å²) in [6.45, 7) is 3.74. The standard InChI is InChI=1S/C24H19N3O3/c1-15-7-9-17(10-8-15)23-14-20(19-5-3-4-6-22(19)25-23)24(28)26-21-12-11-18(27(29)30)13-16(21)2/h3-14H,1-2H3,(H,26,28). The average molecular weight is 397 g/mol. The predicted octanol–water partition coefficient (Wildman–Crippen LogP) is 5.68. The fraction of sp³-hybridized carbons (Fsp3) is 0.0833. The molecule has 0 atom stereocenters. The number of nitrogens with zero attached hydrogens (tertiary/aromatic N) is 2. The molecule has 6 heteroatoms. The molecule has 1 aromatic heterocycles. The van der Waals surface area contributed by atoms with Crippen molar-refractivity contribution in [3.8, 4) is 11.3 Å². The number of carbonyl (C=O) groups is 1. The fourth-order valence-electron chi connectivity index (χ4n) is 3.33. The summed E-state index contributed by atoms with van der Waals surface area (Å²) in [4.78, 5) is 28.4. The van der Waals surface area contributed by atoms with Gasteiger partial charge in [0.1, 0.15) is 0 Å². The Morgan fingerprint density at radius 2 is 1.70 bits per heavy atom. The maximum absolute atomic E-state index is 13.2. The molecule has 4 aromatic rings. The third kappa shape index (κ3) is 3.75. The second-order valence-corrected chi connectivity index (χ2v) is 7.15. The Morgan fingerprint density at radius 3 is 2.40 bits per heavy atom. The highest BCUT2D eigenvalue weighted by atomic mass is 16.6. The molecule has 0 aliphatic heterocycles. The van der Waals surface area contributed by atoms with Gasteiger partial charge in [-0.15, -0.1) is 0 Å². The molecular formula is C24H19N3O3. The molecule has 148 valence electrons. The lowest BCUT2D eigenvalue weighted by molar-refractivity contribution is -0.384. The third-order valence-electron chi connectivity index (χ3n) is 4.98. The largest absolute Gasteiger partial charge is 0.322 e. The Hall–Kier alpha value is -4.06. The van der Waals surface area contributed by atoms with Crippen molar-refractivity contribution in [1.29, 1.82) is 0 Å². The van der Waals surface area contributed by atoms with Gasteiger partial charge in [0.15, 0.2) is 0 Å². The molecule has 1 heterocycles. The number of hydrogen-bond donors (Lipinski definition) is 1. The maximum Gasteiger partial charge on any atom is 0.269 e. The number of amides is 1. The third-order valence-corrected chi connectivity index (χ3v) is 4.98. The lowest BCUT2D eigenvalue weighted by Gasteiger charge is -2.12. The number of benzene rings is 3. The Balaban J connectivity index is 1.76. The van der Waals surface area contributed by atoms with Gasteiger partial charge >= 0.3 is 0 Å². The molecule has 6 nitrogen and oxygen atoms in total. The van der Waals surface area contributed by atoms with E-state index < -0.39 is 4.92 Å². The highest BCUT2D eigenvalue weighted by Crippen LogP contribution is 2.27. The zero-order valence-corrected chi connectivity index (χ0v) is 16.5. The highest BCUT2D eigenvalue weighted by Gasteiger charge is 2.16. The lowest BCUT2D eigenvalue weighted by Crippen LogP contribution is -2.14. The van der Waals surface area contributed by atoms with Gasteiger partial charge in [-0.2, -0.15) is 0 Å². The van der Waals surface area contributed by atoms with Crippen LogP contribution in [0.1, 0.15) is 21.5 Å². The quantitative estimate of drug-likeness (QED) is 0.355. The number of para-hydroxylation sites is 1. The molecule has 4 rings (SSSR count). The fourth-order valence-corrected chi connectivity index (χ4v) is 3.33. The second kappa shape index (κ2) is 7.75. The molecular weight excluding hydrogens is 378 g/mol. The van der Waals surface area contributed by atoms with Crippen LogP contribution in [0.15, 0.2) is 72.8 Å². The summed E-state index contributed by atoms with van der Waals surface area (Å²) < 4.78 is 0. The van der Waals surface area contributed by atoms with Gasteiger partial charge in [-0.05, 0) is 37.6 Å². The summed E-state index contributed by atoms with van der Waals surface area (Å²) in [6, 6.07) is 21.6. The van der Waals surface area contributed by atoms with Gasteiger partial charge in [-0.1, -0.05) is 48.0 Å². The van der Waals surface area contributed by atoms with Crippen LogP contribution < -0.4 is 5.32 Å². The lowest BCUT2D eigenvalue weighted by atomic mass is 10.0. The van der Waals surface area contributed by atoms with Gasteiger partial charge in [-0.3, -0.25) is 14.9 Å². The van der Waals surface area contributed by atoms with Crippen LogP contribution >= 0.6 is 0 Å².